The van der Waals surface area contributed by atoms with Crippen LogP contribution in [-0.2, 0) is 22.6 Å². The molecule has 0 aliphatic carbocycles. The smallest absolute Gasteiger partial charge is 0.407 e. The van der Waals surface area contributed by atoms with Crippen LogP contribution >= 0.6 is 0 Å². The van der Waals surface area contributed by atoms with Crippen LogP contribution in [0.4, 0.5) is 10.5 Å². The lowest BCUT2D eigenvalue weighted by atomic mass is 10.0. The van der Waals surface area contributed by atoms with Crippen molar-refractivity contribution in [1.82, 2.24) is 20.0 Å². The Morgan fingerprint density at radius 3 is 2.29 bits per heavy atom. The van der Waals surface area contributed by atoms with Gasteiger partial charge in [0.15, 0.2) is 0 Å². The van der Waals surface area contributed by atoms with E-state index in [9.17, 15) is 14.4 Å². The monoisotopic (exact) mass is 616 g/mol. The molecule has 3 N–H and O–H groups in total. The van der Waals surface area contributed by atoms with E-state index in [-0.39, 0.29) is 24.3 Å². The third-order valence-corrected chi connectivity index (χ3v) is 7.86. The standard InChI is InChI=1S/C35H48N6O4/c1-7-15-40(16-8-2)33(43)28-17-26-13-14-27(18-30(26)38-31(36)19-28)32(42)41-22-29(23-41)39(6)21-25-11-9-24(10-12-25)20-37-34(44)45-35(3,4)5/h9-14,17-18,29H,7-8,15-16,19-23H2,1-6H3,(H2,36,38)(H,37,44). The predicted octanol–water partition coefficient (Wildman–Crippen LogP) is 5.09. The number of aliphatic imine (C=N–C) groups is 1. The summed E-state index contributed by atoms with van der Waals surface area (Å²) in [4.78, 5) is 49.1. The first-order chi connectivity index (χ1) is 21.4. The number of carbonyl (C=O) groups is 3. The van der Waals surface area contributed by atoms with Gasteiger partial charge in [-0.1, -0.05) is 44.2 Å². The van der Waals surface area contributed by atoms with Gasteiger partial charge in [0.05, 0.1) is 5.69 Å². The van der Waals surface area contributed by atoms with Crippen LogP contribution < -0.4 is 11.1 Å². The summed E-state index contributed by atoms with van der Waals surface area (Å²) < 4.78 is 5.29. The third-order valence-electron chi connectivity index (χ3n) is 7.86. The van der Waals surface area contributed by atoms with Crippen LogP contribution in [0, 0.1) is 0 Å². The lowest BCUT2D eigenvalue weighted by molar-refractivity contribution is -0.127. The van der Waals surface area contributed by atoms with Crippen molar-refractivity contribution < 1.29 is 19.1 Å². The fourth-order valence-electron chi connectivity index (χ4n) is 5.47. The molecule has 10 nitrogen and oxygen atoms in total. The fraction of sp³-hybridized carbons (Fsp3) is 0.486. The van der Waals surface area contributed by atoms with Gasteiger partial charge in [0, 0.05) is 68.4 Å². The molecule has 0 unspecified atom stereocenters. The van der Waals surface area contributed by atoms with Crippen molar-refractivity contribution in [2.75, 3.05) is 33.2 Å². The van der Waals surface area contributed by atoms with E-state index in [1.165, 1.54) is 0 Å². The number of ether oxygens (including phenoxy) is 1. The van der Waals surface area contributed by atoms with Crippen LogP contribution in [0.5, 0.6) is 0 Å². The molecule has 0 atom stereocenters. The zero-order chi connectivity index (χ0) is 32.7. The molecule has 1 saturated heterocycles. The van der Waals surface area contributed by atoms with Crippen molar-refractivity contribution in [3.8, 4) is 0 Å². The first-order valence-corrected chi connectivity index (χ1v) is 15.9. The molecular weight excluding hydrogens is 568 g/mol. The summed E-state index contributed by atoms with van der Waals surface area (Å²) in [7, 11) is 2.07. The number of hydrogen-bond acceptors (Lipinski definition) is 7. The van der Waals surface area contributed by atoms with Crippen LogP contribution in [0.15, 0.2) is 53.0 Å². The largest absolute Gasteiger partial charge is 0.444 e. The summed E-state index contributed by atoms with van der Waals surface area (Å²) in [6.45, 7) is 13.5. The Kier molecular flexibility index (Phi) is 11.0. The molecule has 10 heteroatoms. The minimum atomic E-state index is -0.529. The molecule has 2 aromatic carbocycles. The van der Waals surface area contributed by atoms with E-state index in [2.05, 4.69) is 48.2 Å². The van der Waals surface area contributed by atoms with E-state index < -0.39 is 11.7 Å². The molecule has 2 heterocycles. The average molecular weight is 617 g/mol. The number of nitrogens with zero attached hydrogens (tertiary/aromatic N) is 4. The minimum Gasteiger partial charge on any atom is -0.444 e. The molecule has 0 spiro atoms. The molecule has 3 amide bonds. The van der Waals surface area contributed by atoms with Crippen LogP contribution in [0.25, 0.3) is 6.08 Å². The number of amides is 3. The normalized spacial score (nSPS) is 15.0. The van der Waals surface area contributed by atoms with Crippen molar-refractivity contribution >= 4 is 35.5 Å². The molecule has 45 heavy (non-hydrogen) atoms. The highest BCUT2D eigenvalue weighted by Gasteiger charge is 2.34. The van der Waals surface area contributed by atoms with Gasteiger partial charge in [-0.3, -0.25) is 14.5 Å². The summed E-state index contributed by atoms with van der Waals surface area (Å²) in [6.07, 6.45) is 3.50. The van der Waals surface area contributed by atoms with E-state index >= 15 is 0 Å². The molecule has 242 valence electrons. The highest BCUT2D eigenvalue weighted by molar-refractivity contribution is 6.06. The van der Waals surface area contributed by atoms with Gasteiger partial charge in [0.2, 0.25) is 5.91 Å². The Bertz CT molecular complexity index is 1430. The Morgan fingerprint density at radius 1 is 1.02 bits per heavy atom. The molecule has 0 saturated carbocycles. The fourth-order valence-corrected chi connectivity index (χ4v) is 5.47. The van der Waals surface area contributed by atoms with E-state index in [1.54, 1.807) is 6.07 Å². The number of carbonyl (C=O) groups excluding carboxylic acids is 3. The molecule has 1 fully saturated rings. The number of nitrogens with two attached hydrogens (primary N) is 1. The van der Waals surface area contributed by atoms with E-state index in [0.29, 0.717) is 55.4 Å². The van der Waals surface area contributed by atoms with E-state index in [1.807, 2.05) is 60.9 Å². The average Bonchev–Trinajstić information content (AvgIpc) is 3.12. The van der Waals surface area contributed by atoms with Crippen molar-refractivity contribution in [1.29, 1.82) is 0 Å². The maximum Gasteiger partial charge on any atom is 0.407 e. The number of likely N-dealkylation sites (tertiary alicyclic amines) is 1. The Labute approximate surface area is 267 Å². The molecule has 0 bridgehead atoms. The summed E-state index contributed by atoms with van der Waals surface area (Å²) in [6, 6.07) is 13.8. The quantitative estimate of drug-likeness (QED) is 0.363. The van der Waals surface area contributed by atoms with Gasteiger partial charge in [-0.05, 0) is 70.0 Å². The summed E-state index contributed by atoms with van der Waals surface area (Å²) >= 11 is 0. The predicted molar refractivity (Wildman–Crippen MR) is 178 cm³/mol. The SMILES string of the molecule is CCCN(CCC)C(=O)C1=Cc2ccc(C(=O)N3CC(N(C)Cc4ccc(CNC(=O)OC(C)(C)C)cc4)C3)cc2N=C(N)C1. The number of rotatable bonds is 11. The number of hydrogen-bond donors (Lipinski definition) is 2. The van der Waals surface area contributed by atoms with Gasteiger partial charge in [-0.25, -0.2) is 9.79 Å². The van der Waals surface area contributed by atoms with Crippen LogP contribution in [-0.4, -0.2) is 83.3 Å². The van der Waals surface area contributed by atoms with Gasteiger partial charge in [0.1, 0.15) is 11.4 Å². The highest BCUT2D eigenvalue weighted by Crippen LogP contribution is 2.30. The highest BCUT2D eigenvalue weighted by atomic mass is 16.6. The third kappa shape index (κ3) is 9.17. The van der Waals surface area contributed by atoms with Gasteiger partial charge in [0.25, 0.3) is 5.91 Å². The Balaban J connectivity index is 1.31. The zero-order valence-corrected chi connectivity index (χ0v) is 27.6. The number of nitrogens with one attached hydrogen (secondary N) is 1. The first kappa shape index (κ1) is 33.7. The van der Waals surface area contributed by atoms with Gasteiger partial charge >= 0.3 is 6.09 Å². The second kappa shape index (κ2) is 14.7. The minimum absolute atomic E-state index is 0.00765. The zero-order valence-electron chi connectivity index (χ0n) is 27.6. The molecular formula is C35H48N6O4. The molecule has 4 rings (SSSR count). The van der Waals surface area contributed by atoms with Crippen molar-refractivity contribution in [2.45, 2.75) is 78.6 Å². The second-order valence-electron chi connectivity index (χ2n) is 13.0. The van der Waals surface area contributed by atoms with Gasteiger partial charge in [-0.2, -0.15) is 0 Å². The number of alkyl carbamates (subject to hydrolysis) is 1. The van der Waals surface area contributed by atoms with E-state index in [4.69, 9.17) is 10.5 Å². The molecule has 2 aromatic rings. The molecule has 0 radical (unpaired) electrons. The lowest BCUT2D eigenvalue weighted by Crippen LogP contribution is -2.59. The molecule has 0 aromatic heterocycles. The number of benzene rings is 2. The molecule has 2 aliphatic rings. The second-order valence-corrected chi connectivity index (χ2v) is 13.0. The van der Waals surface area contributed by atoms with E-state index in [0.717, 1.165) is 36.1 Å². The summed E-state index contributed by atoms with van der Waals surface area (Å²) in [5.74, 6) is 0.315. The first-order valence-electron chi connectivity index (χ1n) is 15.9. The maximum atomic E-state index is 13.3. The molecule has 2 aliphatic heterocycles. The maximum absolute atomic E-state index is 13.3. The number of amidine groups is 1. The van der Waals surface area contributed by atoms with Crippen molar-refractivity contribution in [3.63, 3.8) is 0 Å². The van der Waals surface area contributed by atoms with Gasteiger partial charge in [-0.15, -0.1) is 0 Å². The van der Waals surface area contributed by atoms with Crippen molar-refractivity contribution in [3.05, 3.63) is 70.3 Å². The van der Waals surface area contributed by atoms with Crippen LogP contribution in [0.1, 0.15) is 80.9 Å². The van der Waals surface area contributed by atoms with Crippen molar-refractivity contribution in [2.24, 2.45) is 10.7 Å². The number of likely N-dealkylation sites (N-methyl/N-ethyl adjacent to an activating group) is 1. The lowest BCUT2D eigenvalue weighted by Gasteiger charge is -2.44. The topological polar surface area (TPSA) is 121 Å². The van der Waals surface area contributed by atoms with Crippen LogP contribution in [0.2, 0.25) is 0 Å². The summed E-state index contributed by atoms with van der Waals surface area (Å²) in [5, 5.41) is 2.78. The van der Waals surface area contributed by atoms with Gasteiger partial charge < -0.3 is 25.6 Å². The Hall–Kier alpha value is -4.18. The Morgan fingerprint density at radius 2 is 1.67 bits per heavy atom. The summed E-state index contributed by atoms with van der Waals surface area (Å²) in [5.41, 5.74) is 10.4. The van der Waals surface area contributed by atoms with Crippen LogP contribution in [0.3, 0.4) is 0 Å². The number of fused-ring (bicyclic) bond motifs is 1.